The van der Waals surface area contributed by atoms with Crippen LogP contribution >= 0.6 is 11.8 Å². The van der Waals surface area contributed by atoms with Crippen LogP contribution in [0.3, 0.4) is 0 Å². The largest absolute Gasteiger partial charge is 0.464 e. The second-order valence-corrected chi connectivity index (χ2v) is 6.28. The van der Waals surface area contributed by atoms with Crippen molar-refractivity contribution in [3.8, 4) is 0 Å². The van der Waals surface area contributed by atoms with Crippen molar-refractivity contribution in [2.45, 2.75) is 19.4 Å². The minimum absolute atomic E-state index is 0.0432. The maximum atomic E-state index is 12.6. The topological polar surface area (TPSA) is 42.7 Å². The molecule has 0 radical (unpaired) electrons. The van der Waals surface area contributed by atoms with Crippen LogP contribution in [0.25, 0.3) is 0 Å². The van der Waals surface area contributed by atoms with Gasteiger partial charge in [-0.25, -0.2) is 0 Å². The third-order valence-corrected chi connectivity index (χ3v) is 4.80. The molecule has 0 aromatic carbocycles. The summed E-state index contributed by atoms with van der Waals surface area (Å²) in [5.41, 5.74) is 0. The smallest absolute Gasteiger partial charge is 0.228 e. The molecule has 0 saturated carbocycles. The molecule has 1 amide bonds. The number of hydrogen-bond donors (Lipinski definition) is 0. The molecule has 2 fully saturated rings. The van der Waals surface area contributed by atoms with E-state index < -0.39 is 0 Å². The van der Waals surface area contributed by atoms with Crippen molar-refractivity contribution in [3.05, 3.63) is 23.7 Å². The van der Waals surface area contributed by atoms with E-state index in [4.69, 9.17) is 9.15 Å². The minimum Gasteiger partial charge on any atom is -0.464 e. The quantitative estimate of drug-likeness (QED) is 0.834. The highest BCUT2D eigenvalue weighted by Crippen LogP contribution is 2.32. The second kappa shape index (κ2) is 5.59. The van der Waals surface area contributed by atoms with E-state index in [9.17, 15) is 4.79 Å². The zero-order valence-electron chi connectivity index (χ0n) is 11.1. The van der Waals surface area contributed by atoms with E-state index in [-0.39, 0.29) is 17.9 Å². The van der Waals surface area contributed by atoms with E-state index in [0.29, 0.717) is 13.2 Å². The Balaban J connectivity index is 1.78. The molecule has 2 unspecified atom stereocenters. The van der Waals surface area contributed by atoms with Crippen LogP contribution in [0.1, 0.15) is 24.0 Å². The summed E-state index contributed by atoms with van der Waals surface area (Å²) < 4.78 is 11.1. The van der Waals surface area contributed by atoms with Gasteiger partial charge in [-0.1, -0.05) is 0 Å². The minimum atomic E-state index is 0.0432. The van der Waals surface area contributed by atoms with Gasteiger partial charge in [0.2, 0.25) is 5.91 Å². The molecule has 2 aliphatic heterocycles. The highest BCUT2D eigenvalue weighted by atomic mass is 32.2. The Morgan fingerprint density at radius 3 is 3.05 bits per heavy atom. The van der Waals surface area contributed by atoms with E-state index in [1.54, 1.807) is 0 Å². The predicted molar refractivity (Wildman–Crippen MR) is 74.2 cm³/mol. The number of carbonyl (C=O) groups is 1. The normalized spacial score (nSPS) is 27.7. The molecule has 3 rings (SSSR count). The summed E-state index contributed by atoms with van der Waals surface area (Å²) in [7, 11) is 0. The van der Waals surface area contributed by atoms with Crippen molar-refractivity contribution < 1.29 is 13.9 Å². The van der Waals surface area contributed by atoms with Crippen molar-refractivity contribution in [1.29, 1.82) is 0 Å². The van der Waals surface area contributed by atoms with Crippen LogP contribution in [0, 0.1) is 12.8 Å². The lowest BCUT2D eigenvalue weighted by atomic mass is 10.1. The van der Waals surface area contributed by atoms with Crippen LogP contribution in [-0.2, 0) is 9.53 Å². The molecule has 1 aromatic heterocycles. The number of aryl methyl sites for hydroxylation is 1. The Bertz CT molecular complexity index is 453. The molecule has 2 aliphatic rings. The van der Waals surface area contributed by atoms with Crippen LogP contribution in [0.2, 0.25) is 0 Å². The van der Waals surface area contributed by atoms with Gasteiger partial charge in [0.25, 0.3) is 0 Å². The van der Waals surface area contributed by atoms with Crippen LogP contribution in [0.15, 0.2) is 16.5 Å². The fraction of sp³-hybridized carbons (Fsp3) is 0.643. The van der Waals surface area contributed by atoms with Crippen molar-refractivity contribution in [2.24, 2.45) is 5.92 Å². The summed E-state index contributed by atoms with van der Waals surface area (Å²) >= 11 is 1.89. The molecule has 4 nitrogen and oxygen atoms in total. The Kier molecular flexibility index (Phi) is 3.84. The molecule has 104 valence electrons. The third kappa shape index (κ3) is 2.67. The van der Waals surface area contributed by atoms with E-state index in [0.717, 1.165) is 36.0 Å². The average molecular weight is 281 g/mol. The van der Waals surface area contributed by atoms with Crippen LogP contribution in [0.5, 0.6) is 0 Å². The van der Waals surface area contributed by atoms with Gasteiger partial charge in [-0.3, -0.25) is 4.79 Å². The SMILES string of the molecule is Cc1ccc(C2CSCCN2C(=O)C2CCOC2)o1. The number of nitrogens with zero attached hydrogens (tertiary/aromatic N) is 1. The highest BCUT2D eigenvalue weighted by Gasteiger charge is 2.35. The van der Waals surface area contributed by atoms with Gasteiger partial charge in [0.05, 0.1) is 18.6 Å². The summed E-state index contributed by atoms with van der Waals surface area (Å²) in [5, 5.41) is 0. The van der Waals surface area contributed by atoms with Crippen LogP contribution < -0.4 is 0 Å². The van der Waals surface area contributed by atoms with E-state index in [1.165, 1.54) is 0 Å². The van der Waals surface area contributed by atoms with Crippen molar-refractivity contribution in [2.75, 3.05) is 31.3 Å². The Hall–Kier alpha value is -0.940. The molecule has 5 heteroatoms. The number of furan rings is 1. The molecular formula is C14H19NO3S. The fourth-order valence-corrected chi connectivity index (χ4v) is 3.76. The second-order valence-electron chi connectivity index (χ2n) is 5.13. The summed E-state index contributed by atoms with van der Waals surface area (Å²) in [6, 6.07) is 4.05. The highest BCUT2D eigenvalue weighted by molar-refractivity contribution is 7.99. The van der Waals surface area contributed by atoms with Crippen LogP contribution in [-0.4, -0.2) is 42.1 Å². The summed E-state index contributed by atoms with van der Waals surface area (Å²) in [4.78, 5) is 14.6. The maximum absolute atomic E-state index is 12.6. The molecule has 0 N–H and O–H groups in total. The first kappa shape index (κ1) is 13.1. The first-order valence-electron chi connectivity index (χ1n) is 6.78. The number of ether oxygens (including phenoxy) is 1. The van der Waals surface area contributed by atoms with Crippen molar-refractivity contribution >= 4 is 17.7 Å². The molecular weight excluding hydrogens is 262 g/mol. The molecule has 3 heterocycles. The monoisotopic (exact) mass is 281 g/mol. The molecule has 19 heavy (non-hydrogen) atoms. The van der Waals surface area contributed by atoms with Crippen LogP contribution in [0.4, 0.5) is 0 Å². The van der Waals surface area contributed by atoms with Gasteiger partial charge in [0.15, 0.2) is 0 Å². The van der Waals surface area contributed by atoms with Gasteiger partial charge in [-0.05, 0) is 25.5 Å². The fourth-order valence-electron chi connectivity index (χ4n) is 2.70. The first-order chi connectivity index (χ1) is 9.25. The van der Waals surface area contributed by atoms with Gasteiger partial charge in [-0.2, -0.15) is 11.8 Å². The van der Waals surface area contributed by atoms with Gasteiger partial charge < -0.3 is 14.1 Å². The number of amides is 1. The lowest BCUT2D eigenvalue weighted by Gasteiger charge is -2.35. The number of thioether (sulfide) groups is 1. The number of hydrogen-bond acceptors (Lipinski definition) is 4. The Labute approximate surface area is 117 Å². The standard InChI is InChI=1S/C14H19NO3S/c1-10-2-3-13(18-10)12-9-19-7-5-15(12)14(16)11-4-6-17-8-11/h2-3,11-12H,4-9H2,1H3. The van der Waals surface area contributed by atoms with Crippen molar-refractivity contribution in [3.63, 3.8) is 0 Å². The zero-order valence-corrected chi connectivity index (χ0v) is 11.9. The Morgan fingerprint density at radius 2 is 2.37 bits per heavy atom. The summed E-state index contributed by atoms with van der Waals surface area (Å²) in [5.74, 6) is 4.03. The molecule has 0 aliphatic carbocycles. The molecule has 2 saturated heterocycles. The predicted octanol–water partition coefficient (Wildman–Crippen LogP) is 2.24. The third-order valence-electron chi connectivity index (χ3n) is 3.78. The lowest BCUT2D eigenvalue weighted by molar-refractivity contribution is -0.137. The van der Waals surface area contributed by atoms with Gasteiger partial charge in [-0.15, -0.1) is 0 Å². The van der Waals surface area contributed by atoms with Crippen molar-refractivity contribution in [1.82, 2.24) is 4.90 Å². The summed E-state index contributed by atoms with van der Waals surface area (Å²) in [6.07, 6.45) is 0.854. The number of rotatable bonds is 2. The van der Waals surface area contributed by atoms with Gasteiger partial charge in [0, 0.05) is 24.7 Å². The lowest BCUT2D eigenvalue weighted by Crippen LogP contribution is -2.43. The zero-order chi connectivity index (χ0) is 13.2. The first-order valence-corrected chi connectivity index (χ1v) is 7.93. The van der Waals surface area contributed by atoms with E-state index in [2.05, 4.69) is 0 Å². The molecule has 2 atom stereocenters. The van der Waals surface area contributed by atoms with E-state index >= 15 is 0 Å². The van der Waals surface area contributed by atoms with Gasteiger partial charge in [0.1, 0.15) is 11.5 Å². The van der Waals surface area contributed by atoms with E-state index in [1.807, 2.05) is 35.7 Å². The Morgan fingerprint density at radius 1 is 1.47 bits per heavy atom. The molecule has 1 aromatic rings. The summed E-state index contributed by atoms with van der Waals surface area (Å²) in [6.45, 7) is 4.04. The average Bonchev–Trinajstić information content (AvgIpc) is 3.09. The molecule has 0 spiro atoms. The van der Waals surface area contributed by atoms with Gasteiger partial charge >= 0.3 is 0 Å². The maximum Gasteiger partial charge on any atom is 0.228 e. The molecule has 0 bridgehead atoms. The number of carbonyl (C=O) groups excluding carboxylic acids is 1.